The average molecular weight is 356 g/mol. The monoisotopic (exact) mass is 355 g/mol. The maximum Gasteiger partial charge on any atom is 0.127 e. The van der Waals surface area contributed by atoms with Crippen molar-refractivity contribution in [2.45, 2.75) is 71.3 Å². The van der Waals surface area contributed by atoms with Crippen LogP contribution in [0.4, 0.5) is 0 Å². The van der Waals surface area contributed by atoms with Crippen LogP contribution >= 0.6 is 0 Å². The predicted octanol–water partition coefficient (Wildman–Crippen LogP) is 5.80. The van der Waals surface area contributed by atoms with E-state index in [1.54, 1.807) is 0 Å². The summed E-state index contributed by atoms with van der Waals surface area (Å²) in [4.78, 5) is 4.27. The van der Waals surface area contributed by atoms with Gasteiger partial charge in [0.2, 0.25) is 0 Å². The van der Waals surface area contributed by atoms with Crippen molar-refractivity contribution in [3.63, 3.8) is 0 Å². The molecule has 0 fully saturated rings. The molecule has 0 aliphatic rings. The predicted molar refractivity (Wildman–Crippen MR) is 109 cm³/mol. The van der Waals surface area contributed by atoms with Crippen LogP contribution in [0.15, 0.2) is 42.7 Å². The number of aryl methyl sites for hydroxylation is 1. The summed E-state index contributed by atoms with van der Waals surface area (Å²) in [5.41, 5.74) is 3.42. The number of hydrogen-bond acceptors (Lipinski definition) is 3. The van der Waals surface area contributed by atoms with Crippen LogP contribution < -0.4 is 4.74 Å². The maximum absolute atomic E-state index is 9.61. The first-order valence-electron chi connectivity index (χ1n) is 10.1. The molecule has 1 heterocycles. The lowest BCUT2D eigenvalue weighted by Crippen LogP contribution is -2.03. The van der Waals surface area contributed by atoms with Crippen LogP contribution in [0.1, 0.15) is 64.4 Å². The molecular formula is C23H33NO2. The van der Waals surface area contributed by atoms with Crippen LogP contribution in [0.3, 0.4) is 0 Å². The lowest BCUT2D eigenvalue weighted by atomic mass is 9.97. The molecule has 0 radical (unpaired) electrons. The van der Waals surface area contributed by atoms with Crippen molar-refractivity contribution < 1.29 is 9.84 Å². The summed E-state index contributed by atoms with van der Waals surface area (Å²) in [6.45, 7) is 4.83. The Morgan fingerprint density at radius 3 is 2.58 bits per heavy atom. The van der Waals surface area contributed by atoms with Gasteiger partial charge in [-0.2, -0.15) is 0 Å². The summed E-state index contributed by atoms with van der Waals surface area (Å²) >= 11 is 0. The Morgan fingerprint density at radius 2 is 1.77 bits per heavy atom. The van der Waals surface area contributed by atoms with Crippen LogP contribution in [-0.4, -0.2) is 22.8 Å². The molecule has 1 aromatic heterocycles. The molecule has 2 aromatic rings. The number of pyridine rings is 1. The minimum absolute atomic E-state index is 0.303. The number of aliphatic hydroxyl groups excluding tert-OH is 1. The van der Waals surface area contributed by atoms with Gasteiger partial charge in [0.05, 0.1) is 12.7 Å². The topological polar surface area (TPSA) is 42.4 Å². The summed E-state index contributed by atoms with van der Waals surface area (Å²) < 4.78 is 6.11. The fraction of sp³-hybridized carbons (Fsp3) is 0.522. The molecule has 0 amide bonds. The molecule has 26 heavy (non-hydrogen) atoms. The van der Waals surface area contributed by atoms with E-state index in [9.17, 15) is 5.11 Å². The largest absolute Gasteiger partial charge is 0.493 e. The molecule has 0 aliphatic carbocycles. The van der Waals surface area contributed by atoms with Gasteiger partial charge in [-0.3, -0.25) is 4.98 Å². The molecular weight excluding hydrogens is 322 g/mol. The molecule has 3 heteroatoms. The highest BCUT2D eigenvalue weighted by atomic mass is 16.5. The zero-order valence-corrected chi connectivity index (χ0v) is 16.3. The second kappa shape index (κ2) is 11.7. The Balaban J connectivity index is 2.00. The van der Waals surface area contributed by atoms with E-state index in [1.807, 2.05) is 43.6 Å². The van der Waals surface area contributed by atoms with E-state index in [0.717, 1.165) is 48.3 Å². The van der Waals surface area contributed by atoms with Gasteiger partial charge in [-0.25, -0.2) is 0 Å². The van der Waals surface area contributed by atoms with Crippen LogP contribution in [0.2, 0.25) is 0 Å². The number of para-hydroxylation sites is 1. The molecule has 1 N–H and O–H groups in total. The van der Waals surface area contributed by atoms with E-state index in [2.05, 4.69) is 18.0 Å². The molecule has 142 valence electrons. The summed E-state index contributed by atoms with van der Waals surface area (Å²) in [6, 6.07) is 10.3. The molecule has 0 saturated carbocycles. The van der Waals surface area contributed by atoms with Crippen molar-refractivity contribution in [1.82, 2.24) is 4.98 Å². The molecule has 0 saturated heterocycles. The average Bonchev–Trinajstić information content (AvgIpc) is 2.66. The number of benzene rings is 1. The van der Waals surface area contributed by atoms with Gasteiger partial charge in [0.1, 0.15) is 5.75 Å². The molecule has 0 bridgehead atoms. The number of ether oxygens (including phenoxy) is 1. The summed E-state index contributed by atoms with van der Waals surface area (Å²) in [7, 11) is 0. The summed E-state index contributed by atoms with van der Waals surface area (Å²) in [6.07, 6.45) is 12.6. The van der Waals surface area contributed by atoms with Gasteiger partial charge in [-0.1, -0.05) is 57.2 Å². The second-order valence-corrected chi connectivity index (χ2v) is 7.03. The third kappa shape index (κ3) is 6.80. The minimum atomic E-state index is -0.303. The smallest absolute Gasteiger partial charge is 0.127 e. The first-order valence-corrected chi connectivity index (χ1v) is 10.1. The number of unbranched alkanes of at least 4 members (excludes halogenated alkanes) is 5. The SMILES string of the molecule is CCCCCCCCOc1ccccc1-c1ccncc1CCC(C)O. The highest BCUT2D eigenvalue weighted by Gasteiger charge is 2.11. The highest BCUT2D eigenvalue weighted by Crippen LogP contribution is 2.32. The number of aromatic nitrogens is 1. The second-order valence-electron chi connectivity index (χ2n) is 7.03. The van der Waals surface area contributed by atoms with E-state index in [0.29, 0.717) is 0 Å². The first kappa shape index (κ1) is 20.4. The van der Waals surface area contributed by atoms with E-state index in [4.69, 9.17) is 4.74 Å². The third-order valence-corrected chi connectivity index (χ3v) is 4.67. The molecule has 0 spiro atoms. The van der Waals surface area contributed by atoms with Gasteiger partial charge in [-0.05, 0) is 49.4 Å². The van der Waals surface area contributed by atoms with Crippen LogP contribution in [-0.2, 0) is 6.42 Å². The third-order valence-electron chi connectivity index (χ3n) is 4.67. The van der Waals surface area contributed by atoms with E-state index >= 15 is 0 Å². The van der Waals surface area contributed by atoms with Crippen molar-refractivity contribution in [3.05, 3.63) is 48.3 Å². The summed E-state index contributed by atoms with van der Waals surface area (Å²) in [5.74, 6) is 0.936. The fourth-order valence-electron chi connectivity index (χ4n) is 3.13. The Bertz CT molecular complexity index is 640. The fourth-order valence-corrected chi connectivity index (χ4v) is 3.13. The van der Waals surface area contributed by atoms with Gasteiger partial charge in [-0.15, -0.1) is 0 Å². The summed E-state index contributed by atoms with van der Waals surface area (Å²) in [5, 5.41) is 9.61. The Morgan fingerprint density at radius 1 is 1.00 bits per heavy atom. The molecule has 1 aromatic carbocycles. The van der Waals surface area contributed by atoms with Crippen molar-refractivity contribution in [2.24, 2.45) is 0 Å². The lowest BCUT2D eigenvalue weighted by molar-refractivity contribution is 0.185. The van der Waals surface area contributed by atoms with E-state index in [-0.39, 0.29) is 6.10 Å². The van der Waals surface area contributed by atoms with Crippen molar-refractivity contribution in [2.75, 3.05) is 6.61 Å². The molecule has 2 rings (SSSR count). The van der Waals surface area contributed by atoms with Gasteiger partial charge in [0.15, 0.2) is 0 Å². The molecule has 1 unspecified atom stereocenters. The standard InChI is InChI=1S/C23H33NO2/c1-3-4-5-6-7-10-17-26-23-12-9-8-11-22(23)21-15-16-24-18-20(21)14-13-19(2)25/h8-9,11-12,15-16,18-19,25H,3-7,10,13-14,17H2,1-2H3. The molecule has 1 atom stereocenters. The zero-order chi connectivity index (χ0) is 18.6. The Hall–Kier alpha value is -1.87. The van der Waals surface area contributed by atoms with Crippen LogP contribution in [0.25, 0.3) is 11.1 Å². The Kier molecular flexibility index (Phi) is 9.19. The van der Waals surface area contributed by atoms with Crippen molar-refractivity contribution in [3.8, 4) is 16.9 Å². The van der Waals surface area contributed by atoms with Gasteiger partial charge >= 0.3 is 0 Å². The maximum atomic E-state index is 9.61. The molecule has 3 nitrogen and oxygen atoms in total. The van der Waals surface area contributed by atoms with Crippen molar-refractivity contribution in [1.29, 1.82) is 0 Å². The van der Waals surface area contributed by atoms with Gasteiger partial charge in [0.25, 0.3) is 0 Å². The normalized spacial score (nSPS) is 12.1. The first-order chi connectivity index (χ1) is 12.7. The van der Waals surface area contributed by atoms with E-state index < -0.39 is 0 Å². The highest BCUT2D eigenvalue weighted by molar-refractivity contribution is 5.72. The van der Waals surface area contributed by atoms with E-state index in [1.165, 1.54) is 32.1 Å². The van der Waals surface area contributed by atoms with Crippen LogP contribution in [0, 0.1) is 0 Å². The number of aliphatic hydroxyl groups is 1. The van der Waals surface area contributed by atoms with Crippen LogP contribution in [0.5, 0.6) is 5.75 Å². The number of hydrogen-bond donors (Lipinski definition) is 1. The number of nitrogens with zero attached hydrogens (tertiary/aromatic N) is 1. The lowest BCUT2D eigenvalue weighted by Gasteiger charge is -2.15. The van der Waals surface area contributed by atoms with Crippen molar-refractivity contribution >= 4 is 0 Å². The molecule has 0 aliphatic heterocycles. The van der Waals surface area contributed by atoms with Gasteiger partial charge < -0.3 is 9.84 Å². The van der Waals surface area contributed by atoms with Gasteiger partial charge in [0, 0.05) is 18.0 Å². The zero-order valence-electron chi connectivity index (χ0n) is 16.3. The Labute approximate surface area is 158 Å². The number of rotatable bonds is 12. The quantitative estimate of drug-likeness (QED) is 0.489. The minimum Gasteiger partial charge on any atom is -0.493 e.